The van der Waals surface area contributed by atoms with Crippen molar-refractivity contribution in [1.82, 2.24) is 19.8 Å². The number of para-hydroxylation sites is 1. The van der Waals surface area contributed by atoms with E-state index < -0.39 is 0 Å². The van der Waals surface area contributed by atoms with Gasteiger partial charge in [-0.05, 0) is 19.1 Å². The van der Waals surface area contributed by atoms with E-state index >= 15 is 0 Å². The highest BCUT2D eigenvalue weighted by Gasteiger charge is 2.17. The highest BCUT2D eigenvalue weighted by molar-refractivity contribution is 7.14. The number of fused-ring (bicyclic) bond motifs is 1. The van der Waals surface area contributed by atoms with E-state index in [1.165, 1.54) is 0 Å². The lowest BCUT2D eigenvalue weighted by Gasteiger charge is -2.06. The number of nitrogens with zero attached hydrogens (tertiary/aromatic N) is 4. The Labute approximate surface area is 147 Å². The molecule has 25 heavy (non-hydrogen) atoms. The third kappa shape index (κ3) is 2.68. The van der Waals surface area contributed by atoms with Gasteiger partial charge >= 0.3 is 0 Å². The molecule has 0 atom stereocenters. The normalized spacial score (nSPS) is 11.0. The van der Waals surface area contributed by atoms with Crippen LogP contribution in [0.2, 0.25) is 0 Å². The van der Waals surface area contributed by atoms with E-state index in [1.807, 2.05) is 55.5 Å². The van der Waals surface area contributed by atoms with Gasteiger partial charge in [-0.15, -0.1) is 10.2 Å². The lowest BCUT2D eigenvalue weighted by molar-refractivity contribution is 0.416. The summed E-state index contributed by atoms with van der Waals surface area (Å²) in [5.41, 5.74) is 3.05. The summed E-state index contributed by atoms with van der Waals surface area (Å²) in [6.45, 7) is 2.00. The molecule has 0 unspecified atom stereocenters. The SMILES string of the molecule is COc1ccccc1-c1nnc2sc(=O)c(-c3ccc(C)cc3)nn12. The van der Waals surface area contributed by atoms with Gasteiger partial charge in [0.15, 0.2) is 5.82 Å². The van der Waals surface area contributed by atoms with E-state index in [0.717, 1.165) is 28.0 Å². The molecule has 4 rings (SSSR count). The van der Waals surface area contributed by atoms with Crippen molar-refractivity contribution in [2.75, 3.05) is 7.11 Å². The van der Waals surface area contributed by atoms with Gasteiger partial charge in [0.25, 0.3) is 4.74 Å². The quantitative estimate of drug-likeness (QED) is 0.567. The van der Waals surface area contributed by atoms with E-state index in [9.17, 15) is 4.79 Å². The minimum atomic E-state index is -0.143. The van der Waals surface area contributed by atoms with Crippen LogP contribution >= 0.6 is 11.3 Å². The molecule has 6 nitrogen and oxygen atoms in total. The average Bonchev–Trinajstić information content (AvgIpc) is 3.04. The highest BCUT2D eigenvalue weighted by atomic mass is 32.1. The molecule has 0 amide bonds. The van der Waals surface area contributed by atoms with E-state index in [2.05, 4.69) is 15.3 Å². The maximum atomic E-state index is 12.4. The second-order valence-electron chi connectivity index (χ2n) is 5.52. The number of benzene rings is 2. The van der Waals surface area contributed by atoms with Gasteiger partial charge in [0.05, 0.1) is 12.7 Å². The van der Waals surface area contributed by atoms with Crippen molar-refractivity contribution in [1.29, 1.82) is 0 Å². The summed E-state index contributed by atoms with van der Waals surface area (Å²) in [4.78, 5) is 12.9. The van der Waals surface area contributed by atoms with Crippen molar-refractivity contribution in [3.05, 3.63) is 63.6 Å². The predicted molar refractivity (Wildman–Crippen MR) is 97.1 cm³/mol. The van der Waals surface area contributed by atoms with Gasteiger partial charge < -0.3 is 4.74 Å². The Balaban J connectivity index is 1.95. The molecule has 0 spiro atoms. The van der Waals surface area contributed by atoms with E-state index in [0.29, 0.717) is 22.2 Å². The van der Waals surface area contributed by atoms with Gasteiger partial charge in [0, 0.05) is 5.56 Å². The first-order valence-electron chi connectivity index (χ1n) is 7.64. The molecule has 0 N–H and O–H groups in total. The molecule has 124 valence electrons. The maximum absolute atomic E-state index is 12.4. The first-order chi connectivity index (χ1) is 12.2. The monoisotopic (exact) mass is 350 g/mol. The van der Waals surface area contributed by atoms with Crippen LogP contribution in [0, 0.1) is 6.92 Å². The summed E-state index contributed by atoms with van der Waals surface area (Å²) in [5.74, 6) is 1.21. The van der Waals surface area contributed by atoms with E-state index in [-0.39, 0.29) is 4.74 Å². The van der Waals surface area contributed by atoms with Gasteiger partial charge in [-0.2, -0.15) is 9.61 Å². The van der Waals surface area contributed by atoms with Crippen molar-refractivity contribution in [2.45, 2.75) is 6.92 Å². The molecule has 2 heterocycles. The van der Waals surface area contributed by atoms with Crippen LogP contribution in [0.3, 0.4) is 0 Å². The van der Waals surface area contributed by atoms with Crippen LogP contribution in [-0.4, -0.2) is 26.9 Å². The maximum Gasteiger partial charge on any atom is 0.263 e. The van der Waals surface area contributed by atoms with Crippen molar-refractivity contribution >= 4 is 16.3 Å². The number of rotatable bonds is 3. The van der Waals surface area contributed by atoms with Gasteiger partial charge in [0.1, 0.15) is 11.4 Å². The van der Waals surface area contributed by atoms with Crippen LogP contribution in [0.4, 0.5) is 0 Å². The zero-order valence-electron chi connectivity index (χ0n) is 13.6. The molecule has 0 aliphatic carbocycles. The smallest absolute Gasteiger partial charge is 0.263 e. The number of aryl methyl sites for hydroxylation is 1. The van der Waals surface area contributed by atoms with Crippen molar-refractivity contribution in [2.24, 2.45) is 0 Å². The topological polar surface area (TPSA) is 69.4 Å². The molecular formula is C18H14N4O2S. The third-order valence-corrected chi connectivity index (χ3v) is 4.68. The minimum Gasteiger partial charge on any atom is -0.496 e. The Morgan fingerprint density at radius 3 is 2.56 bits per heavy atom. The molecule has 2 aromatic carbocycles. The average molecular weight is 350 g/mol. The van der Waals surface area contributed by atoms with Crippen LogP contribution in [0.5, 0.6) is 5.75 Å². The standard InChI is InChI=1S/C18H14N4O2S/c1-11-7-9-12(10-8-11)15-17(23)25-18-20-19-16(22(18)21-15)13-5-3-4-6-14(13)24-2/h3-10H,1-2H3. The zero-order valence-corrected chi connectivity index (χ0v) is 14.4. The summed E-state index contributed by atoms with van der Waals surface area (Å²) in [6.07, 6.45) is 0. The molecule has 7 heteroatoms. The van der Waals surface area contributed by atoms with Crippen LogP contribution in [0.1, 0.15) is 5.56 Å². The van der Waals surface area contributed by atoms with E-state index in [4.69, 9.17) is 4.74 Å². The Morgan fingerprint density at radius 1 is 1.04 bits per heavy atom. The zero-order chi connectivity index (χ0) is 17.4. The Kier molecular flexibility index (Phi) is 3.77. The first kappa shape index (κ1) is 15.5. The summed E-state index contributed by atoms with van der Waals surface area (Å²) in [7, 11) is 1.60. The van der Waals surface area contributed by atoms with Gasteiger partial charge in [0.2, 0.25) is 4.96 Å². The van der Waals surface area contributed by atoms with Gasteiger partial charge in [-0.25, -0.2) is 0 Å². The summed E-state index contributed by atoms with van der Waals surface area (Å²) in [5, 5.41) is 12.8. The molecule has 2 aromatic heterocycles. The fraction of sp³-hybridized carbons (Fsp3) is 0.111. The second-order valence-corrected chi connectivity index (χ2v) is 6.46. The van der Waals surface area contributed by atoms with Crippen molar-refractivity contribution < 1.29 is 4.74 Å². The van der Waals surface area contributed by atoms with E-state index in [1.54, 1.807) is 11.6 Å². The Bertz CT molecular complexity index is 1120. The molecule has 0 bridgehead atoms. The summed E-state index contributed by atoms with van der Waals surface area (Å²) in [6, 6.07) is 15.2. The molecule has 0 fully saturated rings. The Morgan fingerprint density at radius 2 is 1.80 bits per heavy atom. The van der Waals surface area contributed by atoms with Crippen LogP contribution in [0.15, 0.2) is 53.3 Å². The molecule has 0 radical (unpaired) electrons. The predicted octanol–water partition coefficient (Wildman–Crippen LogP) is 3.20. The fourth-order valence-corrected chi connectivity index (χ4v) is 3.29. The van der Waals surface area contributed by atoms with Crippen molar-refractivity contribution in [3.63, 3.8) is 0 Å². The molecule has 0 aliphatic heterocycles. The second kappa shape index (κ2) is 6.10. The fourth-order valence-electron chi connectivity index (χ4n) is 2.58. The summed E-state index contributed by atoms with van der Waals surface area (Å²) >= 11 is 1.03. The van der Waals surface area contributed by atoms with Gasteiger partial charge in [-0.3, -0.25) is 4.79 Å². The molecule has 4 aromatic rings. The molecule has 0 aliphatic rings. The van der Waals surface area contributed by atoms with Crippen molar-refractivity contribution in [3.8, 4) is 28.4 Å². The Hall–Kier alpha value is -3.06. The minimum absolute atomic E-state index is 0.143. The number of ether oxygens (including phenoxy) is 1. The number of aromatic nitrogens is 4. The summed E-state index contributed by atoms with van der Waals surface area (Å²) < 4.78 is 6.86. The first-order valence-corrected chi connectivity index (χ1v) is 8.46. The van der Waals surface area contributed by atoms with Gasteiger partial charge in [-0.1, -0.05) is 53.3 Å². The van der Waals surface area contributed by atoms with Crippen LogP contribution < -0.4 is 9.48 Å². The molecule has 0 saturated carbocycles. The molecule has 0 saturated heterocycles. The highest BCUT2D eigenvalue weighted by Crippen LogP contribution is 2.28. The largest absolute Gasteiger partial charge is 0.496 e. The lowest BCUT2D eigenvalue weighted by atomic mass is 10.1. The third-order valence-electron chi connectivity index (χ3n) is 3.86. The number of hydrogen-bond donors (Lipinski definition) is 0. The number of hydrogen-bond acceptors (Lipinski definition) is 6. The molecular weight excluding hydrogens is 336 g/mol. The van der Waals surface area contributed by atoms with Crippen LogP contribution in [-0.2, 0) is 0 Å². The van der Waals surface area contributed by atoms with Crippen LogP contribution in [0.25, 0.3) is 27.6 Å². The number of methoxy groups -OCH3 is 1. The lowest BCUT2D eigenvalue weighted by Crippen LogP contribution is -2.08.